The number of nitrogens with zero attached hydrogens (tertiary/aromatic N) is 4. The molecule has 0 aliphatic rings. The van der Waals surface area contributed by atoms with Crippen LogP contribution >= 0.6 is 11.6 Å². The van der Waals surface area contributed by atoms with Crippen molar-refractivity contribution in [3.8, 4) is 0 Å². The van der Waals surface area contributed by atoms with E-state index in [4.69, 9.17) is 11.6 Å². The zero-order valence-electron chi connectivity index (χ0n) is 13.2. The van der Waals surface area contributed by atoms with E-state index in [0.29, 0.717) is 17.5 Å². The van der Waals surface area contributed by atoms with Gasteiger partial charge in [0.15, 0.2) is 11.5 Å². The highest BCUT2D eigenvalue weighted by atomic mass is 35.5. The summed E-state index contributed by atoms with van der Waals surface area (Å²) in [4.78, 5) is 18.2. The van der Waals surface area contributed by atoms with E-state index in [-0.39, 0.29) is 5.28 Å². The number of anilines is 1. The van der Waals surface area contributed by atoms with Crippen molar-refractivity contribution in [2.75, 3.05) is 18.0 Å². The van der Waals surface area contributed by atoms with Crippen molar-refractivity contribution in [3.63, 3.8) is 0 Å². The molecule has 21 heavy (non-hydrogen) atoms. The van der Waals surface area contributed by atoms with Gasteiger partial charge in [-0.3, -0.25) is 0 Å². The molecule has 0 saturated heterocycles. The summed E-state index contributed by atoms with van der Waals surface area (Å²) in [5.41, 5.74) is 1.50. The standard InChI is InChI=1S/C15H24ClN5/c1-10(2)5-7-21(8-6-11(3)4)14-12-13(18-9-17-12)19-15(16)20-14/h9-11H,5-8H2,1-4H3,(H,17,18,19,20). The number of halogens is 1. The number of aromatic amines is 1. The minimum absolute atomic E-state index is 0.253. The van der Waals surface area contributed by atoms with E-state index in [1.54, 1.807) is 6.33 Å². The Labute approximate surface area is 131 Å². The van der Waals surface area contributed by atoms with Gasteiger partial charge in [0.25, 0.3) is 0 Å². The van der Waals surface area contributed by atoms with Crippen molar-refractivity contribution in [2.24, 2.45) is 11.8 Å². The molecule has 1 N–H and O–H groups in total. The number of nitrogens with one attached hydrogen (secondary N) is 1. The first kappa shape index (κ1) is 16.0. The van der Waals surface area contributed by atoms with Crippen LogP contribution in [0.2, 0.25) is 5.28 Å². The Bertz CT molecular complexity index is 566. The van der Waals surface area contributed by atoms with Gasteiger partial charge in [-0.25, -0.2) is 4.98 Å². The van der Waals surface area contributed by atoms with Gasteiger partial charge in [0.2, 0.25) is 5.28 Å². The minimum Gasteiger partial charge on any atom is -0.355 e. The highest BCUT2D eigenvalue weighted by molar-refractivity contribution is 6.28. The quantitative estimate of drug-likeness (QED) is 0.788. The van der Waals surface area contributed by atoms with Gasteiger partial charge >= 0.3 is 0 Å². The van der Waals surface area contributed by atoms with Crippen LogP contribution < -0.4 is 4.90 Å². The Morgan fingerprint density at radius 2 is 1.71 bits per heavy atom. The van der Waals surface area contributed by atoms with Gasteiger partial charge in [-0.05, 0) is 36.3 Å². The number of imidazole rings is 1. The maximum Gasteiger partial charge on any atom is 0.226 e. The number of rotatable bonds is 7. The van der Waals surface area contributed by atoms with Gasteiger partial charge in [-0.15, -0.1) is 0 Å². The molecule has 0 amide bonds. The largest absolute Gasteiger partial charge is 0.355 e. The number of fused-ring (bicyclic) bond motifs is 1. The Morgan fingerprint density at radius 1 is 1.10 bits per heavy atom. The molecule has 0 aromatic carbocycles. The number of hydrogen-bond donors (Lipinski definition) is 1. The van der Waals surface area contributed by atoms with Crippen LogP contribution in [-0.4, -0.2) is 33.0 Å². The zero-order chi connectivity index (χ0) is 15.4. The predicted molar refractivity (Wildman–Crippen MR) is 87.8 cm³/mol. The fraction of sp³-hybridized carbons (Fsp3) is 0.667. The Kier molecular flexibility index (Phi) is 5.39. The van der Waals surface area contributed by atoms with Crippen LogP contribution in [0.25, 0.3) is 11.2 Å². The lowest BCUT2D eigenvalue weighted by atomic mass is 10.1. The molecule has 0 radical (unpaired) electrons. The number of H-pyrrole nitrogens is 1. The van der Waals surface area contributed by atoms with Crippen molar-refractivity contribution >= 4 is 28.6 Å². The van der Waals surface area contributed by atoms with Gasteiger partial charge in [0, 0.05) is 13.1 Å². The van der Waals surface area contributed by atoms with Gasteiger partial charge in [-0.2, -0.15) is 9.97 Å². The lowest BCUT2D eigenvalue weighted by Crippen LogP contribution is -2.28. The van der Waals surface area contributed by atoms with Crippen LogP contribution in [0.4, 0.5) is 5.82 Å². The minimum atomic E-state index is 0.253. The number of hydrogen-bond acceptors (Lipinski definition) is 4. The fourth-order valence-corrected chi connectivity index (χ4v) is 2.33. The molecule has 2 aromatic rings. The van der Waals surface area contributed by atoms with Gasteiger partial charge < -0.3 is 9.88 Å². The fourth-order valence-electron chi connectivity index (χ4n) is 2.17. The highest BCUT2D eigenvalue weighted by Gasteiger charge is 2.16. The second-order valence-corrected chi connectivity index (χ2v) is 6.61. The van der Waals surface area contributed by atoms with Crippen molar-refractivity contribution in [1.82, 2.24) is 19.9 Å². The molecule has 0 aliphatic heterocycles. The summed E-state index contributed by atoms with van der Waals surface area (Å²) in [6, 6.07) is 0. The summed E-state index contributed by atoms with van der Waals surface area (Å²) in [7, 11) is 0. The molecular formula is C15H24ClN5. The Morgan fingerprint density at radius 3 is 2.29 bits per heavy atom. The molecule has 5 nitrogen and oxygen atoms in total. The van der Waals surface area contributed by atoms with Gasteiger partial charge in [0.1, 0.15) is 5.52 Å². The second kappa shape index (κ2) is 7.07. The molecule has 0 atom stereocenters. The monoisotopic (exact) mass is 309 g/mol. The van der Waals surface area contributed by atoms with E-state index < -0.39 is 0 Å². The lowest BCUT2D eigenvalue weighted by Gasteiger charge is -2.25. The van der Waals surface area contributed by atoms with E-state index in [0.717, 1.165) is 37.3 Å². The molecular weight excluding hydrogens is 286 g/mol. The lowest BCUT2D eigenvalue weighted by molar-refractivity contribution is 0.533. The maximum absolute atomic E-state index is 6.05. The Balaban J connectivity index is 2.29. The van der Waals surface area contributed by atoms with Crippen molar-refractivity contribution < 1.29 is 0 Å². The first-order valence-corrected chi connectivity index (χ1v) is 7.96. The Hall–Kier alpha value is -1.36. The SMILES string of the molecule is CC(C)CCN(CCC(C)C)c1nc(Cl)nc2nc[nH]c12. The molecule has 0 fully saturated rings. The van der Waals surface area contributed by atoms with Gasteiger partial charge in [0.05, 0.1) is 6.33 Å². The molecule has 0 spiro atoms. The van der Waals surface area contributed by atoms with E-state index >= 15 is 0 Å². The number of aromatic nitrogens is 4. The molecule has 0 aliphatic carbocycles. The molecule has 2 rings (SSSR count). The average molecular weight is 310 g/mol. The zero-order valence-corrected chi connectivity index (χ0v) is 14.0. The van der Waals surface area contributed by atoms with Crippen LogP contribution in [0.3, 0.4) is 0 Å². The first-order valence-electron chi connectivity index (χ1n) is 7.59. The van der Waals surface area contributed by atoms with Crippen molar-refractivity contribution in [1.29, 1.82) is 0 Å². The summed E-state index contributed by atoms with van der Waals surface area (Å²) in [6.45, 7) is 10.9. The normalized spacial score (nSPS) is 11.8. The van der Waals surface area contributed by atoms with Crippen molar-refractivity contribution in [3.05, 3.63) is 11.6 Å². The third kappa shape index (κ3) is 4.30. The van der Waals surface area contributed by atoms with Crippen molar-refractivity contribution in [2.45, 2.75) is 40.5 Å². The van der Waals surface area contributed by atoms with E-state index in [9.17, 15) is 0 Å². The third-order valence-corrected chi connectivity index (χ3v) is 3.66. The average Bonchev–Trinajstić information content (AvgIpc) is 2.85. The summed E-state index contributed by atoms with van der Waals surface area (Å²) in [6.07, 6.45) is 3.88. The summed E-state index contributed by atoms with van der Waals surface area (Å²) >= 11 is 6.05. The van der Waals surface area contributed by atoms with Crippen LogP contribution in [0.5, 0.6) is 0 Å². The van der Waals surface area contributed by atoms with E-state index in [1.807, 2.05) is 0 Å². The first-order chi connectivity index (χ1) is 9.97. The summed E-state index contributed by atoms with van der Waals surface area (Å²) < 4.78 is 0. The molecule has 2 heterocycles. The molecule has 0 unspecified atom stereocenters. The highest BCUT2D eigenvalue weighted by Crippen LogP contribution is 2.24. The van der Waals surface area contributed by atoms with Crippen LogP contribution in [0, 0.1) is 11.8 Å². The smallest absolute Gasteiger partial charge is 0.226 e. The second-order valence-electron chi connectivity index (χ2n) is 6.27. The van der Waals surface area contributed by atoms with E-state index in [2.05, 4.69) is 52.5 Å². The molecule has 116 valence electrons. The topological polar surface area (TPSA) is 57.7 Å². The summed E-state index contributed by atoms with van der Waals surface area (Å²) in [5.74, 6) is 2.17. The molecule has 0 bridgehead atoms. The van der Waals surface area contributed by atoms with Crippen LogP contribution in [0.15, 0.2) is 6.33 Å². The van der Waals surface area contributed by atoms with Gasteiger partial charge in [-0.1, -0.05) is 27.7 Å². The molecule has 0 saturated carbocycles. The maximum atomic E-state index is 6.05. The predicted octanol–water partition coefficient (Wildman–Crippen LogP) is 3.90. The third-order valence-electron chi connectivity index (χ3n) is 3.49. The summed E-state index contributed by atoms with van der Waals surface area (Å²) in [5, 5.41) is 0.253. The molecule has 2 aromatic heterocycles. The van der Waals surface area contributed by atoms with E-state index in [1.165, 1.54) is 0 Å². The van der Waals surface area contributed by atoms with Crippen LogP contribution in [0.1, 0.15) is 40.5 Å². The van der Waals surface area contributed by atoms with Crippen LogP contribution in [-0.2, 0) is 0 Å². The molecule has 6 heteroatoms.